The van der Waals surface area contributed by atoms with Gasteiger partial charge in [-0.2, -0.15) is 0 Å². The van der Waals surface area contributed by atoms with Crippen molar-refractivity contribution < 1.29 is 14.3 Å². The van der Waals surface area contributed by atoms with E-state index in [1.54, 1.807) is 0 Å². The summed E-state index contributed by atoms with van der Waals surface area (Å²) in [6, 6.07) is 4.01. The summed E-state index contributed by atoms with van der Waals surface area (Å²) < 4.78 is 5.34. The fraction of sp³-hybridized carbons (Fsp3) is 0.579. The third kappa shape index (κ3) is 2.71. The molecule has 2 aliphatic heterocycles. The maximum absolute atomic E-state index is 12.8. The summed E-state index contributed by atoms with van der Waals surface area (Å²) in [7, 11) is 0. The number of ether oxygens (including phenoxy) is 1. The highest BCUT2D eigenvalue weighted by atomic mass is 16.5. The third-order valence-electron chi connectivity index (χ3n) is 5.15. The lowest BCUT2D eigenvalue weighted by Crippen LogP contribution is -2.47. The molecule has 3 rings (SSSR count). The van der Waals surface area contributed by atoms with Crippen molar-refractivity contribution in [3.8, 4) is 0 Å². The number of carbonyl (C=O) groups is 2. The zero-order chi connectivity index (χ0) is 17.7. The molecule has 2 aliphatic rings. The Morgan fingerprint density at radius 3 is 2.33 bits per heavy atom. The molecule has 2 heterocycles. The second-order valence-corrected chi connectivity index (χ2v) is 8.04. The van der Waals surface area contributed by atoms with Crippen molar-refractivity contribution in [2.45, 2.75) is 58.5 Å². The van der Waals surface area contributed by atoms with E-state index < -0.39 is 5.54 Å². The zero-order valence-electron chi connectivity index (χ0n) is 15.2. The molecule has 1 aromatic rings. The molecule has 2 saturated heterocycles. The maximum atomic E-state index is 12.8. The molecule has 0 aromatic heterocycles. The number of nitrogens with zero attached hydrogens (tertiary/aromatic N) is 1. The second-order valence-electron chi connectivity index (χ2n) is 8.04. The van der Waals surface area contributed by atoms with Crippen LogP contribution in [0, 0.1) is 13.8 Å². The first-order chi connectivity index (χ1) is 11.1. The minimum atomic E-state index is -0.843. The first kappa shape index (κ1) is 17.0. The van der Waals surface area contributed by atoms with Crippen LogP contribution in [0.2, 0.25) is 0 Å². The summed E-state index contributed by atoms with van der Waals surface area (Å²) in [6.45, 7) is 11.7. The molecule has 1 atom stereocenters. The number of hydrogen-bond donors (Lipinski definition) is 1. The topological polar surface area (TPSA) is 58.6 Å². The molecule has 5 nitrogen and oxygen atoms in total. The molecule has 24 heavy (non-hydrogen) atoms. The van der Waals surface area contributed by atoms with Gasteiger partial charge in [-0.1, -0.05) is 32.9 Å². The van der Waals surface area contributed by atoms with E-state index in [1.807, 2.05) is 13.8 Å². The summed E-state index contributed by atoms with van der Waals surface area (Å²) in [6.07, 6.45) is 0.551. The van der Waals surface area contributed by atoms with Crippen molar-refractivity contribution >= 4 is 11.9 Å². The average Bonchev–Trinajstić information content (AvgIpc) is 3.02. The van der Waals surface area contributed by atoms with Crippen LogP contribution in [-0.4, -0.2) is 35.6 Å². The van der Waals surface area contributed by atoms with Crippen LogP contribution in [0.5, 0.6) is 0 Å². The van der Waals surface area contributed by atoms with Crippen LogP contribution in [0.4, 0.5) is 4.79 Å². The lowest BCUT2D eigenvalue weighted by Gasteiger charge is -2.24. The number of urea groups is 1. The van der Waals surface area contributed by atoms with E-state index >= 15 is 0 Å². The fourth-order valence-electron chi connectivity index (χ4n) is 3.49. The highest BCUT2D eigenvalue weighted by Gasteiger charge is 2.53. The van der Waals surface area contributed by atoms with E-state index in [1.165, 1.54) is 10.5 Å². The molecule has 1 N–H and O–H groups in total. The van der Waals surface area contributed by atoms with Crippen LogP contribution in [0.3, 0.4) is 0 Å². The normalized spacial score (nSPS) is 24.1. The lowest BCUT2D eigenvalue weighted by molar-refractivity contribution is -0.131. The van der Waals surface area contributed by atoms with Crippen LogP contribution in [0.25, 0.3) is 0 Å². The van der Waals surface area contributed by atoms with Crippen LogP contribution in [0.1, 0.15) is 49.4 Å². The van der Waals surface area contributed by atoms with Crippen LogP contribution in [-0.2, 0) is 21.5 Å². The van der Waals surface area contributed by atoms with Gasteiger partial charge in [0.1, 0.15) is 5.54 Å². The summed E-state index contributed by atoms with van der Waals surface area (Å²) in [4.78, 5) is 26.4. The Morgan fingerprint density at radius 1 is 1.21 bits per heavy atom. The highest BCUT2D eigenvalue weighted by molar-refractivity contribution is 6.07. The van der Waals surface area contributed by atoms with E-state index in [-0.39, 0.29) is 24.0 Å². The number of hydrogen-bond acceptors (Lipinski definition) is 3. The second kappa shape index (κ2) is 5.59. The molecule has 130 valence electrons. The summed E-state index contributed by atoms with van der Waals surface area (Å²) >= 11 is 0. The minimum absolute atomic E-state index is 0.0696. The monoisotopic (exact) mass is 330 g/mol. The van der Waals surface area contributed by atoms with Crippen molar-refractivity contribution in [2.75, 3.05) is 13.2 Å². The molecule has 0 radical (unpaired) electrons. The number of carbonyl (C=O) groups excluding carboxylic acids is 2. The van der Waals surface area contributed by atoms with Crippen molar-refractivity contribution in [2.24, 2.45) is 0 Å². The Morgan fingerprint density at radius 2 is 1.83 bits per heavy atom. The Kier molecular flexibility index (Phi) is 3.95. The molecule has 0 aliphatic carbocycles. The highest BCUT2D eigenvalue weighted by Crippen LogP contribution is 2.31. The Balaban J connectivity index is 1.89. The van der Waals surface area contributed by atoms with Gasteiger partial charge in [-0.25, -0.2) is 4.79 Å². The maximum Gasteiger partial charge on any atom is 0.325 e. The number of imide groups is 1. The van der Waals surface area contributed by atoms with Crippen LogP contribution < -0.4 is 5.32 Å². The van der Waals surface area contributed by atoms with E-state index in [0.29, 0.717) is 19.6 Å². The van der Waals surface area contributed by atoms with E-state index in [0.717, 1.165) is 16.7 Å². The number of rotatable bonds is 2. The molecule has 5 heteroatoms. The minimum Gasteiger partial charge on any atom is -0.378 e. The average molecular weight is 330 g/mol. The van der Waals surface area contributed by atoms with E-state index in [9.17, 15) is 9.59 Å². The van der Waals surface area contributed by atoms with Gasteiger partial charge in [-0.05, 0) is 41.5 Å². The smallest absolute Gasteiger partial charge is 0.325 e. The van der Waals surface area contributed by atoms with Gasteiger partial charge in [-0.15, -0.1) is 0 Å². The number of aryl methyl sites for hydroxylation is 2. The number of amides is 3. The Bertz CT molecular complexity index is 674. The summed E-state index contributed by atoms with van der Waals surface area (Å²) in [5.41, 5.74) is 3.76. The lowest BCUT2D eigenvalue weighted by atomic mass is 9.83. The molecule has 0 unspecified atom stereocenters. The van der Waals surface area contributed by atoms with Crippen molar-refractivity contribution in [3.63, 3.8) is 0 Å². The fourth-order valence-corrected chi connectivity index (χ4v) is 3.49. The largest absolute Gasteiger partial charge is 0.378 e. The van der Waals surface area contributed by atoms with Gasteiger partial charge in [-0.3, -0.25) is 9.69 Å². The van der Waals surface area contributed by atoms with Gasteiger partial charge in [0.05, 0.1) is 13.2 Å². The first-order valence-electron chi connectivity index (χ1n) is 8.46. The van der Waals surface area contributed by atoms with Gasteiger partial charge in [0.25, 0.3) is 5.91 Å². The van der Waals surface area contributed by atoms with Crippen LogP contribution in [0.15, 0.2) is 12.1 Å². The van der Waals surface area contributed by atoms with Gasteiger partial charge in [0, 0.05) is 13.0 Å². The molecule has 0 bridgehead atoms. The molecule has 1 aromatic carbocycles. The van der Waals surface area contributed by atoms with Gasteiger partial charge in [0.2, 0.25) is 0 Å². The third-order valence-corrected chi connectivity index (χ3v) is 5.15. The quantitative estimate of drug-likeness (QED) is 0.848. The summed E-state index contributed by atoms with van der Waals surface area (Å²) in [5.74, 6) is -0.163. The van der Waals surface area contributed by atoms with Gasteiger partial charge >= 0.3 is 6.03 Å². The molecular formula is C19H26N2O3. The van der Waals surface area contributed by atoms with Gasteiger partial charge < -0.3 is 10.1 Å². The van der Waals surface area contributed by atoms with Gasteiger partial charge in [0.15, 0.2) is 0 Å². The van der Waals surface area contributed by atoms with Crippen molar-refractivity contribution in [3.05, 3.63) is 34.4 Å². The Labute approximate surface area is 143 Å². The molecule has 0 saturated carbocycles. The predicted octanol–water partition coefficient (Wildman–Crippen LogP) is 2.81. The standard InChI is InChI=1S/C19H26N2O3/c1-12-8-14(18(3,4)5)9-13(2)15(12)10-21-16(22)19(20-17(21)23)6-7-24-11-19/h8-9H,6-7,10-11H2,1-5H3,(H,20,23)/t19-/m1/s1. The summed E-state index contributed by atoms with van der Waals surface area (Å²) in [5, 5.41) is 2.84. The van der Waals surface area contributed by atoms with Crippen LogP contribution >= 0.6 is 0 Å². The predicted molar refractivity (Wildman–Crippen MR) is 91.9 cm³/mol. The number of benzene rings is 1. The van der Waals surface area contributed by atoms with E-state index in [2.05, 4.69) is 38.2 Å². The van der Waals surface area contributed by atoms with Crippen molar-refractivity contribution in [1.29, 1.82) is 0 Å². The molecule has 2 fully saturated rings. The first-order valence-corrected chi connectivity index (χ1v) is 8.46. The van der Waals surface area contributed by atoms with E-state index in [4.69, 9.17) is 4.74 Å². The Hall–Kier alpha value is -1.88. The zero-order valence-corrected chi connectivity index (χ0v) is 15.2. The molecule has 1 spiro atoms. The molecule has 3 amide bonds. The molecular weight excluding hydrogens is 304 g/mol. The SMILES string of the molecule is Cc1cc(C(C)(C)C)cc(C)c1CN1C(=O)N[C@@]2(CCOC2)C1=O. The van der Waals surface area contributed by atoms with Crippen molar-refractivity contribution in [1.82, 2.24) is 10.2 Å². The number of nitrogens with one attached hydrogen (secondary N) is 1.